The topological polar surface area (TPSA) is 73.0 Å². The molecule has 0 aromatic heterocycles. The Hall–Kier alpha value is -1.47. The number of hydrogen-bond acceptors (Lipinski definition) is 5. The molecule has 2 aliphatic heterocycles. The van der Waals surface area contributed by atoms with Gasteiger partial charge in [-0.2, -0.15) is 0 Å². The maximum Gasteiger partial charge on any atom is 0.234 e. The van der Waals surface area contributed by atoms with Crippen molar-refractivity contribution in [1.29, 1.82) is 0 Å². The summed E-state index contributed by atoms with van der Waals surface area (Å²) in [6, 6.07) is 0. The van der Waals surface area contributed by atoms with E-state index < -0.39 is 0 Å². The molecule has 2 saturated heterocycles. The SMILES string of the molecule is CC(C)(C)NC(=O)CN1CCN(CN2C(=O)[C@@H]3CCCC[C@H]3C2=O)CC1. The molecule has 2 heterocycles. The summed E-state index contributed by atoms with van der Waals surface area (Å²) in [5.74, 6) is -0.0319. The van der Waals surface area contributed by atoms with E-state index in [1.54, 1.807) is 0 Å². The smallest absolute Gasteiger partial charge is 0.234 e. The summed E-state index contributed by atoms with van der Waals surface area (Å²) in [5.41, 5.74) is -0.216. The van der Waals surface area contributed by atoms with Crippen LogP contribution in [0.4, 0.5) is 0 Å². The maximum atomic E-state index is 12.6. The van der Waals surface area contributed by atoms with Crippen molar-refractivity contribution < 1.29 is 14.4 Å². The second kappa shape index (κ2) is 7.64. The molecule has 1 N–H and O–H groups in total. The Morgan fingerprint density at radius 2 is 1.46 bits per heavy atom. The highest BCUT2D eigenvalue weighted by Crippen LogP contribution is 2.38. The first-order valence-electron chi connectivity index (χ1n) is 9.85. The Morgan fingerprint density at radius 3 is 1.96 bits per heavy atom. The molecular weight excluding hydrogens is 332 g/mol. The highest BCUT2D eigenvalue weighted by atomic mass is 16.2. The highest BCUT2D eigenvalue weighted by molar-refractivity contribution is 6.05. The first-order chi connectivity index (χ1) is 12.2. The molecule has 7 heteroatoms. The Morgan fingerprint density at radius 1 is 0.962 bits per heavy atom. The summed E-state index contributed by atoms with van der Waals surface area (Å²) in [6.45, 7) is 9.84. The summed E-state index contributed by atoms with van der Waals surface area (Å²) < 4.78 is 0. The number of fused-ring (bicyclic) bond motifs is 1. The van der Waals surface area contributed by atoms with E-state index in [1.165, 1.54) is 4.90 Å². The zero-order chi connectivity index (χ0) is 18.9. The molecule has 3 aliphatic rings. The van der Waals surface area contributed by atoms with Crippen molar-refractivity contribution in [2.24, 2.45) is 11.8 Å². The minimum atomic E-state index is -0.216. The van der Waals surface area contributed by atoms with Crippen LogP contribution < -0.4 is 5.32 Å². The third-order valence-corrected chi connectivity index (χ3v) is 5.62. The van der Waals surface area contributed by atoms with Crippen molar-refractivity contribution in [3.05, 3.63) is 0 Å². The number of hydrogen-bond donors (Lipinski definition) is 1. The van der Waals surface area contributed by atoms with E-state index in [1.807, 2.05) is 20.8 Å². The van der Waals surface area contributed by atoms with Crippen molar-refractivity contribution in [1.82, 2.24) is 20.0 Å². The fraction of sp³-hybridized carbons (Fsp3) is 0.842. The molecule has 0 aromatic rings. The molecule has 0 spiro atoms. The predicted molar refractivity (Wildman–Crippen MR) is 98.1 cm³/mol. The fourth-order valence-corrected chi connectivity index (χ4v) is 4.32. The molecule has 26 heavy (non-hydrogen) atoms. The van der Waals surface area contributed by atoms with Crippen LogP contribution in [0.1, 0.15) is 46.5 Å². The summed E-state index contributed by atoms with van der Waals surface area (Å²) in [6.07, 6.45) is 3.84. The Labute approximate surface area is 156 Å². The molecule has 146 valence electrons. The summed E-state index contributed by atoms with van der Waals surface area (Å²) >= 11 is 0. The van der Waals surface area contributed by atoms with Gasteiger partial charge in [0.1, 0.15) is 0 Å². The van der Waals surface area contributed by atoms with Gasteiger partial charge in [-0.05, 0) is 33.6 Å². The van der Waals surface area contributed by atoms with Gasteiger partial charge >= 0.3 is 0 Å². The number of nitrogens with one attached hydrogen (secondary N) is 1. The summed E-state index contributed by atoms with van der Waals surface area (Å²) in [7, 11) is 0. The predicted octanol–water partition coefficient (Wildman–Crippen LogP) is 0.651. The van der Waals surface area contributed by atoms with Gasteiger partial charge < -0.3 is 5.32 Å². The van der Waals surface area contributed by atoms with Gasteiger partial charge in [0.15, 0.2) is 0 Å². The van der Waals surface area contributed by atoms with E-state index in [9.17, 15) is 14.4 Å². The third-order valence-electron chi connectivity index (χ3n) is 5.62. The first kappa shape index (κ1) is 19.3. The second-order valence-corrected chi connectivity index (χ2v) is 8.94. The van der Waals surface area contributed by atoms with Crippen LogP contribution in [0.5, 0.6) is 0 Å². The average Bonchev–Trinajstić information content (AvgIpc) is 2.80. The lowest BCUT2D eigenvalue weighted by Gasteiger charge is -2.36. The lowest BCUT2D eigenvalue weighted by Crippen LogP contribution is -2.54. The van der Waals surface area contributed by atoms with Gasteiger partial charge in [0.05, 0.1) is 25.0 Å². The van der Waals surface area contributed by atoms with Crippen LogP contribution >= 0.6 is 0 Å². The van der Waals surface area contributed by atoms with Gasteiger partial charge in [-0.1, -0.05) is 12.8 Å². The maximum absolute atomic E-state index is 12.6. The largest absolute Gasteiger partial charge is 0.350 e. The minimum Gasteiger partial charge on any atom is -0.350 e. The third kappa shape index (κ3) is 4.43. The molecule has 0 aromatic carbocycles. The molecular formula is C19H32N4O3. The molecule has 2 atom stereocenters. The highest BCUT2D eigenvalue weighted by Gasteiger charge is 2.48. The number of carbonyl (C=O) groups excluding carboxylic acids is 3. The van der Waals surface area contributed by atoms with E-state index in [-0.39, 0.29) is 35.1 Å². The molecule has 3 amide bonds. The molecule has 0 radical (unpaired) electrons. The molecule has 0 bridgehead atoms. The van der Waals surface area contributed by atoms with E-state index in [0.29, 0.717) is 13.2 Å². The van der Waals surface area contributed by atoms with Crippen LogP contribution in [0.25, 0.3) is 0 Å². The number of likely N-dealkylation sites (tertiary alicyclic amines) is 1. The second-order valence-electron chi connectivity index (χ2n) is 8.94. The van der Waals surface area contributed by atoms with Gasteiger partial charge in [-0.3, -0.25) is 29.1 Å². The van der Waals surface area contributed by atoms with Crippen LogP contribution in [0.3, 0.4) is 0 Å². The summed E-state index contributed by atoms with van der Waals surface area (Å²) in [5, 5.41) is 2.98. The molecule has 3 fully saturated rings. The lowest BCUT2D eigenvalue weighted by molar-refractivity contribution is -0.142. The molecule has 1 saturated carbocycles. The van der Waals surface area contributed by atoms with E-state index in [4.69, 9.17) is 0 Å². The minimum absolute atomic E-state index is 0.0340. The van der Waals surface area contributed by atoms with Crippen LogP contribution in [0, 0.1) is 11.8 Å². The van der Waals surface area contributed by atoms with Gasteiger partial charge in [-0.15, -0.1) is 0 Å². The number of carbonyl (C=O) groups is 3. The zero-order valence-corrected chi connectivity index (χ0v) is 16.3. The quantitative estimate of drug-likeness (QED) is 0.742. The van der Waals surface area contributed by atoms with Crippen molar-refractivity contribution in [3.63, 3.8) is 0 Å². The van der Waals surface area contributed by atoms with E-state index >= 15 is 0 Å². The fourth-order valence-electron chi connectivity index (χ4n) is 4.32. The molecule has 3 rings (SSSR count). The molecule has 0 unspecified atom stereocenters. The normalized spacial score (nSPS) is 28.3. The number of amides is 3. The molecule has 1 aliphatic carbocycles. The Bertz CT molecular complexity index is 540. The Kier molecular flexibility index (Phi) is 5.67. The van der Waals surface area contributed by atoms with Gasteiger partial charge in [0, 0.05) is 31.7 Å². The van der Waals surface area contributed by atoms with Crippen molar-refractivity contribution in [2.45, 2.75) is 52.0 Å². The number of rotatable bonds is 4. The van der Waals surface area contributed by atoms with Gasteiger partial charge in [0.25, 0.3) is 0 Å². The first-order valence-corrected chi connectivity index (χ1v) is 9.85. The zero-order valence-electron chi connectivity index (χ0n) is 16.3. The summed E-state index contributed by atoms with van der Waals surface area (Å²) in [4.78, 5) is 43.0. The van der Waals surface area contributed by atoms with Crippen LogP contribution in [0.2, 0.25) is 0 Å². The van der Waals surface area contributed by atoms with E-state index in [2.05, 4.69) is 15.1 Å². The van der Waals surface area contributed by atoms with Crippen molar-refractivity contribution >= 4 is 17.7 Å². The number of imide groups is 1. The van der Waals surface area contributed by atoms with Crippen LogP contribution in [-0.2, 0) is 14.4 Å². The molecule has 7 nitrogen and oxygen atoms in total. The average molecular weight is 364 g/mol. The van der Waals surface area contributed by atoms with Crippen LogP contribution in [-0.4, -0.2) is 77.4 Å². The lowest BCUT2D eigenvalue weighted by atomic mass is 9.81. The van der Waals surface area contributed by atoms with E-state index in [0.717, 1.165) is 51.9 Å². The van der Waals surface area contributed by atoms with Crippen molar-refractivity contribution in [2.75, 3.05) is 39.4 Å². The Balaban J connectivity index is 1.46. The number of nitrogens with zero attached hydrogens (tertiary/aromatic N) is 3. The monoisotopic (exact) mass is 364 g/mol. The number of piperazine rings is 1. The van der Waals surface area contributed by atoms with Gasteiger partial charge in [-0.25, -0.2) is 0 Å². The van der Waals surface area contributed by atoms with Gasteiger partial charge in [0.2, 0.25) is 17.7 Å². The standard InChI is InChI=1S/C19H32N4O3/c1-19(2,3)20-16(24)12-21-8-10-22(11-9-21)13-23-17(25)14-6-4-5-7-15(14)18(23)26/h14-15H,4-13H2,1-3H3,(H,20,24)/t14-,15-/m1/s1. The van der Waals surface area contributed by atoms with Crippen molar-refractivity contribution in [3.8, 4) is 0 Å². The van der Waals surface area contributed by atoms with Crippen LogP contribution in [0.15, 0.2) is 0 Å².